The van der Waals surface area contributed by atoms with Gasteiger partial charge in [-0.25, -0.2) is 0 Å². The van der Waals surface area contributed by atoms with Gasteiger partial charge in [0.15, 0.2) is 0 Å². The van der Waals surface area contributed by atoms with Crippen LogP contribution in [0.15, 0.2) is 47.6 Å². The summed E-state index contributed by atoms with van der Waals surface area (Å²) in [4.78, 5) is 21.3. The van der Waals surface area contributed by atoms with Crippen molar-refractivity contribution in [1.29, 1.82) is 0 Å². The van der Waals surface area contributed by atoms with Crippen molar-refractivity contribution in [2.75, 3.05) is 13.7 Å². The normalized spacial score (nSPS) is 14.2. The number of carbonyl (C=O) groups excluding carboxylic acids is 1. The highest BCUT2D eigenvalue weighted by molar-refractivity contribution is 6.04. The second-order valence-electron chi connectivity index (χ2n) is 6.26. The van der Waals surface area contributed by atoms with E-state index >= 15 is 0 Å². The minimum atomic E-state index is 0.217. The quantitative estimate of drug-likeness (QED) is 0.785. The fourth-order valence-corrected chi connectivity index (χ4v) is 3.07. The Labute approximate surface area is 142 Å². The SMILES string of the molecule is COCC1=NCc2cc(CC(=O)C[C@H](C)c3ccccc3)ncc21. The molecule has 0 amide bonds. The molecule has 0 spiro atoms. The summed E-state index contributed by atoms with van der Waals surface area (Å²) >= 11 is 0. The van der Waals surface area contributed by atoms with Gasteiger partial charge in [0.2, 0.25) is 0 Å². The lowest BCUT2D eigenvalue weighted by Crippen LogP contribution is -2.11. The van der Waals surface area contributed by atoms with Crippen molar-refractivity contribution in [2.24, 2.45) is 4.99 Å². The largest absolute Gasteiger partial charge is 0.378 e. The molecule has 1 aliphatic heterocycles. The zero-order valence-electron chi connectivity index (χ0n) is 14.2. The number of aliphatic imine (C=N–C) groups is 1. The molecular weight excluding hydrogens is 300 g/mol. The number of fused-ring (bicyclic) bond motifs is 1. The molecule has 0 bridgehead atoms. The third-order valence-electron chi connectivity index (χ3n) is 4.36. The van der Waals surface area contributed by atoms with Gasteiger partial charge in [-0.15, -0.1) is 0 Å². The Morgan fingerprint density at radius 1 is 1.29 bits per heavy atom. The lowest BCUT2D eigenvalue weighted by Gasteiger charge is -2.11. The number of hydrogen-bond acceptors (Lipinski definition) is 4. The number of ether oxygens (including phenoxy) is 1. The molecule has 2 aromatic rings. The Balaban J connectivity index is 1.62. The zero-order chi connectivity index (χ0) is 16.9. The van der Waals surface area contributed by atoms with Crippen LogP contribution < -0.4 is 0 Å². The molecule has 1 aliphatic rings. The fourth-order valence-electron chi connectivity index (χ4n) is 3.07. The molecule has 1 aromatic heterocycles. The molecule has 0 saturated heterocycles. The highest BCUT2D eigenvalue weighted by atomic mass is 16.5. The number of rotatable bonds is 7. The smallest absolute Gasteiger partial charge is 0.139 e. The van der Waals surface area contributed by atoms with Gasteiger partial charge in [-0.2, -0.15) is 0 Å². The third kappa shape index (κ3) is 3.77. The Morgan fingerprint density at radius 2 is 2.08 bits per heavy atom. The average molecular weight is 322 g/mol. The first-order valence-corrected chi connectivity index (χ1v) is 8.24. The summed E-state index contributed by atoms with van der Waals surface area (Å²) in [6.07, 6.45) is 2.74. The topological polar surface area (TPSA) is 51.5 Å². The molecule has 24 heavy (non-hydrogen) atoms. The molecule has 2 heterocycles. The van der Waals surface area contributed by atoms with Crippen molar-refractivity contribution < 1.29 is 9.53 Å². The number of aromatic nitrogens is 1. The number of pyridine rings is 1. The van der Waals surface area contributed by atoms with Gasteiger partial charge < -0.3 is 4.74 Å². The van der Waals surface area contributed by atoms with Gasteiger partial charge in [0.1, 0.15) is 5.78 Å². The van der Waals surface area contributed by atoms with Gasteiger partial charge in [-0.1, -0.05) is 37.3 Å². The average Bonchev–Trinajstić information content (AvgIpc) is 2.98. The minimum absolute atomic E-state index is 0.217. The van der Waals surface area contributed by atoms with Crippen LogP contribution in [0.2, 0.25) is 0 Å². The molecule has 0 N–H and O–H groups in total. The number of Topliss-reactive ketones (excluding diaryl/α,β-unsaturated/α-hetero) is 1. The van der Waals surface area contributed by atoms with Crippen LogP contribution in [-0.2, 0) is 22.5 Å². The molecule has 1 aromatic carbocycles. The van der Waals surface area contributed by atoms with Crippen molar-refractivity contribution in [1.82, 2.24) is 4.98 Å². The van der Waals surface area contributed by atoms with E-state index in [1.165, 1.54) is 5.56 Å². The van der Waals surface area contributed by atoms with Crippen molar-refractivity contribution in [3.05, 3.63) is 65.0 Å². The minimum Gasteiger partial charge on any atom is -0.378 e. The van der Waals surface area contributed by atoms with Crippen LogP contribution in [-0.4, -0.2) is 30.2 Å². The van der Waals surface area contributed by atoms with Gasteiger partial charge in [0, 0.05) is 37.4 Å². The van der Waals surface area contributed by atoms with E-state index in [9.17, 15) is 4.79 Å². The van der Waals surface area contributed by atoms with Crippen molar-refractivity contribution in [3.8, 4) is 0 Å². The van der Waals surface area contributed by atoms with Crippen LogP contribution in [0, 0.1) is 0 Å². The van der Waals surface area contributed by atoms with E-state index in [0.29, 0.717) is 26.0 Å². The van der Waals surface area contributed by atoms with Crippen molar-refractivity contribution in [3.63, 3.8) is 0 Å². The number of carbonyl (C=O) groups is 1. The van der Waals surface area contributed by atoms with Gasteiger partial charge in [0.05, 0.1) is 18.9 Å². The number of methoxy groups -OCH3 is 1. The van der Waals surface area contributed by atoms with E-state index in [1.807, 2.05) is 30.5 Å². The Bertz CT molecular complexity index is 753. The van der Waals surface area contributed by atoms with Crippen LogP contribution in [0.1, 0.15) is 41.6 Å². The molecule has 4 heteroatoms. The molecule has 0 radical (unpaired) electrons. The first-order valence-electron chi connectivity index (χ1n) is 8.24. The van der Waals surface area contributed by atoms with Gasteiger partial charge in [0.25, 0.3) is 0 Å². The van der Waals surface area contributed by atoms with Crippen LogP contribution in [0.4, 0.5) is 0 Å². The van der Waals surface area contributed by atoms with E-state index in [2.05, 4.69) is 29.0 Å². The maximum atomic E-state index is 12.4. The summed E-state index contributed by atoms with van der Waals surface area (Å²) in [5, 5.41) is 0. The van der Waals surface area contributed by atoms with Gasteiger partial charge >= 0.3 is 0 Å². The van der Waals surface area contributed by atoms with E-state index in [1.54, 1.807) is 7.11 Å². The van der Waals surface area contributed by atoms with Crippen molar-refractivity contribution >= 4 is 11.5 Å². The molecule has 0 fully saturated rings. The van der Waals surface area contributed by atoms with Gasteiger partial charge in [-0.3, -0.25) is 14.8 Å². The maximum absolute atomic E-state index is 12.4. The third-order valence-corrected chi connectivity index (χ3v) is 4.36. The highest BCUT2D eigenvalue weighted by Crippen LogP contribution is 2.22. The van der Waals surface area contributed by atoms with E-state index in [4.69, 9.17) is 4.74 Å². The van der Waals surface area contributed by atoms with Crippen LogP contribution >= 0.6 is 0 Å². The summed E-state index contributed by atoms with van der Waals surface area (Å²) in [6, 6.07) is 12.2. The highest BCUT2D eigenvalue weighted by Gasteiger charge is 2.18. The molecular formula is C20H22N2O2. The predicted octanol–water partition coefficient (Wildman–Crippen LogP) is 3.34. The number of benzene rings is 1. The van der Waals surface area contributed by atoms with E-state index < -0.39 is 0 Å². The number of ketones is 1. The molecule has 4 nitrogen and oxygen atoms in total. The Morgan fingerprint density at radius 3 is 2.83 bits per heavy atom. The van der Waals surface area contributed by atoms with Crippen LogP contribution in [0.5, 0.6) is 0 Å². The first kappa shape index (κ1) is 16.5. The number of hydrogen-bond donors (Lipinski definition) is 0. The Kier molecular flexibility index (Phi) is 5.16. The fraction of sp³-hybridized carbons (Fsp3) is 0.350. The molecule has 0 unspecified atom stereocenters. The summed E-state index contributed by atoms with van der Waals surface area (Å²) in [5.41, 5.74) is 5.15. The second-order valence-corrected chi connectivity index (χ2v) is 6.26. The van der Waals surface area contributed by atoms with Gasteiger partial charge in [-0.05, 0) is 23.1 Å². The lowest BCUT2D eigenvalue weighted by molar-refractivity contribution is -0.118. The van der Waals surface area contributed by atoms with Crippen molar-refractivity contribution in [2.45, 2.75) is 32.2 Å². The molecule has 3 rings (SSSR count). The summed E-state index contributed by atoms with van der Waals surface area (Å²) < 4.78 is 5.15. The summed E-state index contributed by atoms with van der Waals surface area (Å²) in [7, 11) is 1.66. The number of nitrogens with zero attached hydrogens (tertiary/aromatic N) is 2. The van der Waals surface area contributed by atoms with E-state index in [0.717, 1.165) is 22.5 Å². The Hall–Kier alpha value is -2.33. The molecule has 124 valence electrons. The summed E-state index contributed by atoms with van der Waals surface area (Å²) in [5.74, 6) is 0.444. The van der Waals surface area contributed by atoms with Crippen LogP contribution in [0.25, 0.3) is 0 Å². The second kappa shape index (κ2) is 7.49. The monoisotopic (exact) mass is 322 g/mol. The maximum Gasteiger partial charge on any atom is 0.139 e. The molecule has 0 saturated carbocycles. The van der Waals surface area contributed by atoms with Crippen LogP contribution in [0.3, 0.4) is 0 Å². The molecule has 1 atom stereocenters. The first-order chi connectivity index (χ1) is 11.7. The lowest BCUT2D eigenvalue weighted by atomic mass is 9.94. The molecule has 0 aliphatic carbocycles. The van der Waals surface area contributed by atoms with E-state index in [-0.39, 0.29) is 11.7 Å². The zero-order valence-corrected chi connectivity index (χ0v) is 14.2. The summed E-state index contributed by atoms with van der Waals surface area (Å²) in [6.45, 7) is 3.24. The standard InChI is InChI=1S/C20H22N2O2/c1-14(15-6-4-3-5-7-15)8-18(23)10-17-9-16-11-22-20(13-24-2)19(16)12-21-17/h3-7,9,12,14H,8,10-11,13H2,1-2H3/t14-/m0/s1. The predicted molar refractivity (Wildman–Crippen MR) is 94.5 cm³/mol.